The van der Waals surface area contributed by atoms with Crippen LogP contribution in [-0.2, 0) is 6.18 Å². The molecule has 1 saturated heterocycles. The van der Waals surface area contributed by atoms with Gasteiger partial charge in [-0.1, -0.05) is 0 Å². The van der Waals surface area contributed by atoms with Crippen molar-refractivity contribution < 1.29 is 33.8 Å². The van der Waals surface area contributed by atoms with E-state index in [4.69, 9.17) is 10.4 Å². The molecule has 1 aliphatic heterocycles. The summed E-state index contributed by atoms with van der Waals surface area (Å²) in [5.41, 5.74) is -1.88. The van der Waals surface area contributed by atoms with Crippen LogP contribution in [0.1, 0.15) is 12.0 Å². The standard InChI is InChI=1S/C12H15F3N2O4/c13-12(14,15)10-4-7(1-2-11(10)17(20)21)16-5-9(19)3-8(16)6-18/h1-2,4,8-9,18-21H,3,5-6H2/t8?,9-/m1/s1. The van der Waals surface area contributed by atoms with Gasteiger partial charge < -0.3 is 15.1 Å². The quantitative estimate of drug-likeness (QED) is 0.628. The fourth-order valence-electron chi connectivity index (χ4n) is 2.49. The summed E-state index contributed by atoms with van der Waals surface area (Å²) in [7, 11) is 0. The van der Waals surface area contributed by atoms with Crippen molar-refractivity contribution in [2.75, 3.05) is 23.3 Å². The van der Waals surface area contributed by atoms with E-state index in [0.29, 0.717) is 0 Å². The van der Waals surface area contributed by atoms with Crippen LogP contribution in [0.25, 0.3) is 0 Å². The highest BCUT2D eigenvalue weighted by Gasteiger charge is 2.37. The average Bonchev–Trinajstić information content (AvgIpc) is 2.78. The normalized spacial score (nSPS) is 22.7. The molecule has 0 amide bonds. The third-order valence-corrected chi connectivity index (χ3v) is 3.44. The Balaban J connectivity index is 2.42. The van der Waals surface area contributed by atoms with E-state index >= 15 is 0 Å². The van der Waals surface area contributed by atoms with Gasteiger partial charge in [0.05, 0.1) is 24.3 Å². The second kappa shape index (κ2) is 5.68. The number of nitrogens with zero attached hydrogens (tertiary/aromatic N) is 2. The summed E-state index contributed by atoms with van der Waals surface area (Å²) in [4.78, 5) is 1.46. The van der Waals surface area contributed by atoms with E-state index in [9.17, 15) is 23.4 Å². The first-order valence-electron chi connectivity index (χ1n) is 6.18. The van der Waals surface area contributed by atoms with Gasteiger partial charge in [0.1, 0.15) is 5.69 Å². The number of rotatable bonds is 3. The molecule has 1 heterocycles. The Morgan fingerprint density at radius 1 is 1.29 bits per heavy atom. The molecule has 0 spiro atoms. The molecule has 21 heavy (non-hydrogen) atoms. The Morgan fingerprint density at radius 3 is 2.48 bits per heavy atom. The van der Waals surface area contributed by atoms with E-state index in [-0.39, 0.29) is 25.3 Å². The Kier molecular flexibility index (Phi) is 4.28. The highest BCUT2D eigenvalue weighted by atomic mass is 19.4. The summed E-state index contributed by atoms with van der Waals surface area (Å²) in [6.07, 6.45) is -5.25. The van der Waals surface area contributed by atoms with Crippen LogP contribution in [0, 0.1) is 0 Å². The highest BCUT2D eigenvalue weighted by molar-refractivity contribution is 5.62. The van der Waals surface area contributed by atoms with E-state index in [2.05, 4.69) is 0 Å². The molecule has 118 valence electrons. The smallest absolute Gasteiger partial charge is 0.394 e. The molecule has 0 bridgehead atoms. The predicted octanol–water partition coefficient (Wildman–Crippen LogP) is 1.22. The van der Waals surface area contributed by atoms with Gasteiger partial charge in [-0.3, -0.25) is 10.4 Å². The Hall–Kier alpha value is -1.55. The van der Waals surface area contributed by atoms with Gasteiger partial charge in [0.15, 0.2) is 0 Å². The fourth-order valence-corrected chi connectivity index (χ4v) is 2.49. The molecule has 1 fully saturated rings. The Morgan fingerprint density at radius 2 is 1.95 bits per heavy atom. The second-order valence-electron chi connectivity index (χ2n) is 4.87. The highest BCUT2D eigenvalue weighted by Crippen LogP contribution is 2.39. The number of hydrogen-bond acceptors (Lipinski definition) is 6. The molecule has 1 aromatic rings. The summed E-state index contributed by atoms with van der Waals surface area (Å²) >= 11 is 0. The molecule has 0 aliphatic carbocycles. The lowest BCUT2D eigenvalue weighted by Gasteiger charge is -2.26. The maximum absolute atomic E-state index is 13.0. The van der Waals surface area contributed by atoms with Crippen LogP contribution in [0.5, 0.6) is 0 Å². The number of hydrogen-bond donors (Lipinski definition) is 4. The maximum atomic E-state index is 13.0. The first-order valence-corrected chi connectivity index (χ1v) is 6.18. The number of anilines is 2. The zero-order chi connectivity index (χ0) is 15.8. The minimum atomic E-state index is -4.78. The van der Waals surface area contributed by atoms with Crippen LogP contribution in [0.2, 0.25) is 0 Å². The number of alkyl halides is 3. The minimum Gasteiger partial charge on any atom is -0.394 e. The monoisotopic (exact) mass is 308 g/mol. The molecule has 0 saturated carbocycles. The van der Waals surface area contributed by atoms with Gasteiger partial charge in [0.2, 0.25) is 0 Å². The number of benzene rings is 1. The lowest BCUT2D eigenvalue weighted by atomic mass is 10.1. The van der Waals surface area contributed by atoms with Gasteiger partial charge in [-0.05, 0) is 24.6 Å². The lowest BCUT2D eigenvalue weighted by molar-refractivity contribution is -0.138. The first kappa shape index (κ1) is 15.8. The molecule has 0 aromatic heterocycles. The van der Waals surface area contributed by atoms with Gasteiger partial charge in [0.25, 0.3) is 0 Å². The van der Waals surface area contributed by atoms with Crippen LogP contribution >= 0.6 is 0 Å². The van der Waals surface area contributed by atoms with E-state index in [1.165, 1.54) is 11.0 Å². The zero-order valence-electron chi connectivity index (χ0n) is 10.8. The van der Waals surface area contributed by atoms with Gasteiger partial charge in [-0.2, -0.15) is 13.2 Å². The van der Waals surface area contributed by atoms with E-state index in [0.717, 1.165) is 12.1 Å². The van der Waals surface area contributed by atoms with Gasteiger partial charge in [0, 0.05) is 12.2 Å². The predicted molar refractivity (Wildman–Crippen MR) is 66.3 cm³/mol. The van der Waals surface area contributed by atoms with E-state index < -0.39 is 34.8 Å². The zero-order valence-corrected chi connectivity index (χ0v) is 10.8. The van der Waals surface area contributed by atoms with E-state index in [1.54, 1.807) is 0 Å². The van der Waals surface area contributed by atoms with Crippen molar-refractivity contribution in [1.82, 2.24) is 0 Å². The van der Waals surface area contributed by atoms with Crippen LogP contribution in [-0.4, -0.2) is 45.9 Å². The summed E-state index contributed by atoms with van der Waals surface area (Å²) in [5.74, 6) is 0. The fraction of sp³-hybridized carbons (Fsp3) is 0.500. The van der Waals surface area contributed by atoms with Gasteiger partial charge in [-0.25, -0.2) is 0 Å². The van der Waals surface area contributed by atoms with Gasteiger partial charge >= 0.3 is 6.18 Å². The number of aliphatic hydroxyl groups excluding tert-OH is 2. The number of β-amino-alcohol motifs (C(OH)–C–C–N with tert-alkyl or cyclic N) is 1. The summed E-state index contributed by atoms with van der Waals surface area (Å²) in [5, 5.41) is 35.9. The van der Waals surface area contributed by atoms with Crippen molar-refractivity contribution in [3.05, 3.63) is 23.8 Å². The molecular formula is C12H15F3N2O4. The second-order valence-corrected chi connectivity index (χ2v) is 4.87. The van der Waals surface area contributed by atoms with Gasteiger partial charge in [-0.15, -0.1) is 5.23 Å². The van der Waals surface area contributed by atoms with Crippen LogP contribution in [0.3, 0.4) is 0 Å². The van der Waals surface area contributed by atoms with Crippen molar-refractivity contribution in [2.45, 2.75) is 24.7 Å². The number of halogens is 3. The molecule has 2 atom stereocenters. The first-order chi connectivity index (χ1) is 9.74. The van der Waals surface area contributed by atoms with Crippen LogP contribution in [0.15, 0.2) is 18.2 Å². The van der Waals surface area contributed by atoms with Crippen molar-refractivity contribution in [3.8, 4) is 0 Å². The Labute approximate surface area is 118 Å². The van der Waals surface area contributed by atoms with Crippen LogP contribution in [0.4, 0.5) is 24.5 Å². The van der Waals surface area contributed by atoms with Crippen molar-refractivity contribution >= 4 is 11.4 Å². The average molecular weight is 308 g/mol. The molecule has 4 N–H and O–H groups in total. The van der Waals surface area contributed by atoms with Crippen molar-refractivity contribution in [2.24, 2.45) is 0 Å². The topological polar surface area (TPSA) is 87.4 Å². The molecule has 0 radical (unpaired) electrons. The summed E-state index contributed by atoms with van der Waals surface area (Å²) in [6.45, 7) is -0.198. The molecular weight excluding hydrogens is 293 g/mol. The van der Waals surface area contributed by atoms with Crippen LogP contribution < -0.4 is 10.1 Å². The third kappa shape index (κ3) is 3.21. The summed E-state index contributed by atoms with van der Waals surface area (Å²) in [6, 6.07) is 2.46. The minimum absolute atomic E-state index is 0.101. The number of aliphatic hydroxyl groups is 2. The lowest BCUT2D eigenvalue weighted by Crippen LogP contribution is -2.32. The Bertz CT molecular complexity index is 510. The largest absolute Gasteiger partial charge is 0.418 e. The summed E-state index contributed by atoms with van der Waals surface area (Å²) < 4.78 is 38.9. The molecule has 2 rings (SSSR count). The molecule has 6 nitrogen and oxygen atoms in total. The SMILES string of the molecule is OCC1C[C@@H](O)CN1c1ccc(N(O)O)c(C(F)(F)F)c1. The molecule has 9 heteroatoms. The molecule has 1 aromatic carbocycles. The van der Waals surface area contributed by atoms with E-state index in [1.807, 2.05) is 0 Å². The molecule has 1 unspecified atom stereocenters. The van der Waals surface area contributed by atoms with Crippen molar-refractivity contribution in [1.29, 1.82) is 0 Å². The third-order valence-electron chi connectivity index (χ3n) is 3.44. The van der Waals surface area contributed by atoms with Crippen molar-refractivity contribution in [3.63, 3.8) is 0 Å². The molecule has 1 aliphatic rings. The maximum Gasteiger partial charge on any atom is 0.418 e.